The number of rotatable bonds is 4. The van der Waals surface area contributed by atoms with E-state index in [0.717, 1.165) is 11.1 Å². The molecule has 88 valence electrons. The molecule has 0 unspecified atom stereocenters. The normalized spacial score (nSPS) is 10.4. The van der Waals surface area contributed by atoms with Crippen molar-refractivity contribution in [3.8, 4) is 11.3 Å². The highest BCUT2D eigenvalue weighted by Gasteiger charge is 2.09. The predicted octanol–water partition coefficient (Wildman–Crippen LogP) is 1.92. The van der Waals surface area contributed by atoms with Crippen molar-refractivity contribution >= 4 is 5.97 Å². The van der Waals surface area contributed by atoms with E-state index in [1.807, 2.05) is 24.3 Å². The van der Waals surface area contributed by atoms with E-state index in [1.165, 1.54) is 6.07 Å². The molecule has 1 aromatic carbocycles. The van der Waals surface area contributed by atoms with Gasteiger partial charge in [-0.3, -0.25) is 5.10 Å². The van der Waals surface area contributed by atoms with Gasteiger partial charge in [-0.2, -0.15) is 5.10 Å². The molecule has 0 atom stereocenters. The maximum absolute atomic E-state index is 10.7. The molecular weight excluding hydrogens is 220 g/mol. The van der Waals surface area contributed by atoms with Crippen LogP contribution in [0, 0.1) is 0 Å². The van der Waals surface area contributed by atoms with Crippen LogP contribution in [0.3, 0.4) is 0 Å². The van der Waals surface area contributed by atoms with Gasteiger partial charge in [-0.25, -0.2) is 4.79 Å². The maximum Gasteiger partial charge on any atom is 0.353 e. The number of benzene rings is 1. The fraction of sp³-hybridized carbons (Fsp3) is 0.167. The Balaban J connectivity index is 2.31. The van der Waals surface area contributed by atoms with Gasteiger partial charge in [-0.15, -0.1) is 0 Å². The van der Waals surface area contributed by atoms with Crippen molar-refractivity contribution < 1.29 is 14.6 Å². The third-order valence-corrected chi connectivity index (χ3v) is 2.34. The predicted molar refractivity (Wildman–Crippen MR) is 61.7 cm³/mol. The molecule has 0 amide bonds. The van der Waals surface area contributed by atoms with E-state index in [1.54, 1.807) is 7.11 Å². The van der Waals surface area contributed by atoms with E-state index in [-0.39, 0.29) is 5.69 Å². The van der Waals surface area contributed by atoms with Gasteiger partial charge >= 0.3 is 5.97 Å². The smallest absolute Gasteiger partial charge is 0.353 e. The zero-order valence-electron chi connectivity index (χ0n) is 9.30. The number of aromatic nitrogens is 2. The first-order valence-corrected chi connectivity index (χ1v) is 5.07. The van der Waals surface area contributed by atoms with Crippen LogP contribution in [0.2, 0.25) is 0 Å². The molecule has 0 radical (unpaired) electrons. The minimum Gasteiger partial charge on any atom is -0.477 e. The van der Waals surface area contributed by atoms with E-state index in [0.29, 0.717) is 12.3 Å². The highest BCUT2D eigenvalue weighted by atomic mass is 16.5. The summed E-state index contributed by atoms with van der Waals surface area (Å²) in [5.74, 6) is -1.02. The highest BCUT2D eigenvalue weighted by molar-refractivity contribution is 5.86. The molecule has 0 aliphatic carbocycles. The van der Waals surface area contributed by atoms with Gasteiger partial charge in [-0.05, 0) is 17.7 Å². The standard InChI is InChI=1S/C12H12N2O3/c1-17-7-8-3-2-4-9(5-8)10-6-11(12(15)16)14-13-10/h2-6H,7H2,1H3,(H,13,14)(H,15,16). The summed E-state index contributed by atoms with van der Waals surface area (Å²) in [4.78, 5) is 10.7. The van der Waals surface area contributed by atoms with Crippen LogP contribution < -0.4 is 0 Å². The first kappa shape index (κ1) is 11.3. The van der Waals surface area contributed by atoms with Crippen molar-refractivity contribution in [3.05, 3.63) is 41.6 Å². The van der Waals surface area contributed by atoms with Gasteiger partial charge in [-0.1, -0.05) is 18.2 Å². The second-order valence-corrected chi connectivity index (χ2v) is 3.61. The molecule has 0 aliphatic heterocycles. The number of ether oxygens (including phenoxy) is 1. The number of nitrogens with zero attached hydrogens (tertiary/aromatic N) is 1. The molecule has 2 aromatic rings. The van der Waals surface area contributed by atoms with E-state index in [2.05, 4.69) is 10.2 Å². The average Bonchev–Trinajstić information content (AvgIpc) is 2.79. The Morgan fingerprint density at radius 3 is 2.94 bits per heavy atom. The fourth-order valence-corrected chi connectivity index (χ4v) is 1.57. The lowest BCUT2D eigenvalue weighted by Crippen LogP contribution is -1.95. The number of carboxylic acid groups (broad SMARTS) is 1. The SMILES string of the molecule is COCc1cccc(-c2cc(C(=O)O)[nH]n2)c1. The zero-order chi connectivity index (χ0) is 12.3. The van der Waals surface area contributed by atoms with Gasteiger partial charge in [0, 0.05) is 12.7 Å². The summed E-state index contributed by atoms with van der Waals surface area (Å²) in [6.45, 7) is 0.518. The van der Waals surface area contributed by atoms with Crippen molar-refractivity contribution in [2.24, 2.45) is 0 Å². The highest BCUT2D eigenvalue weighted by Crippen LogP contribution is 2.19. The largest absolute Gasteiger partial charge is 0.477 e. The van der Waals surface area contributed by atoms with E-state index >= 15 is 0 Å². The van der Waals surface area contributed by atoms with E-state index < -0.39 is 5.97 Å². The number of methoxy groups -OCH3 is 1. The summed E-state index contributed by atoms with van der Waals surface area (Å²) in [5.41, 5.74) is 2.57. The number of hydrogen-bond donors (Lipinski definition) is 2. The first-order valence-electron chi connectivity index (χ1n) is 5.07. The molecule has 5 heteroatoms. The Hall–Kier alpha value is -2.14. The molecule has 0 bridgehead atoms. The maximum atomic E-state index is 10.7. The third-order valence-electron chi connectivity index (χ3n) is 2.34. The van der Waals surface area contributed by atoms with Gasteiger partial charge in [0.05, 0.1) is 12.3 Å². The first-order chi connectivity index (χ1) is 8.20. The lowest BCUT2D eigenvalue weighted by molar-refractivity contribution is 0.0690. The molecular formula is C12H12N2O3. The van der Waals surface area contributed by atoms with Gasteiger partial charge in [0.2, 0.25) is 0 Å². The lowest BCUT2D eigenvalue weighted by atomic mass is 10.1. The summed E-state index contributed by atoms with van der Waals surface area (Å²) >= 11 is 0. The molecule has 0 saturated heterocycles. The van der Waals surface area contributed by atoms with Crippen LogP contribution >= 0.6 is 0 Å². The third kappa shape index (κ3) is 2.51. The van der Waals surface area contributed by atoms with Gasteiger partial charge < -0.3 is 9.84 Å². The lowest BCUT2D eigenvalue weighted by Gasteiger charge is -2.01. The summed E-state index contributed by atoms with van der Waals surface area (Å²) < 4.78 is 5.04. The Morgan fingerprint density at radius 1 is 1.47 bits per heavy atom. The average molecular weight is 232 g/mol. The van der Waals surface area contributed by atoms with E-state index in [4.69, 9.17) is 9.84 Å². The summed E-state index contributed by atoms with van der Waals surface area (Å²) in [6, 6.07) is 9.14. The molecule has 1 heterocycles. The van der Waals surface area contributed by atoms with Crippen LogP contribution in [0.5, 0.6) is 0 Å². The fourth-order valence-electron chi connectivity index (χ4n) is 1.57. The topological polar surface area (TPSA) is 75.2 Å². The van der Waals surface area contributed by atoms with Crippen LogP contribution in [-0.2, 0) is 11.3 Å². The molecule has 0 spiro atoms. The van der Waals surface area contributed by atoms with Crippen LogP contribution in [0.25, 0.3) is 11.3 Å². The van der Waals surface area contributed by atoms with Crippen LogP contribution in [0.4, 0.5) is 0 Å². The summed E-state index contributed by atoms with van der Waals surface area (Å²) in [6.07, 6.45) is 0. The van der Waals surface area contributed by atoms with Crippen LogP contribution in [0.15, 0.2) is 30.3 Å². The molecule has 2 rings (SSSR count). The number of nitrogens with one attached hydrogen (secondary N) is 1. The second kappa shape index (κ2) is 4.80. The zero-order valence-corrected chi connectivity index (χ0v) is 9.30. The molecule has 17 heavy (non-hydrogen) atoms. The van der Waals surface area contributed by atoms with Gasteiger partial charge in [0.1, 0.15) is 5.69 Å². The Morgan fingerprint density at radius 2 is 2.29 bits per heavy atom. The summed E-state index contributed by atoms with van der Waals surface area (Å²) in [7, 11) is 1.63. The van der Waals surface area contributed by atoms with Crippen molar-refractivity contribution in [2.75, 3.05) is 7.11 Å². The number of hydrogen-bond acceptors (Lipinski definition) is 3. The minimum absolute atomic E-state index is 0.0807. The van der Waals surface area contributed by atoms with Crippen molar-refractivity contribution in [1.82, 2.24) is 10.2 Å². The van der Waals surface area contributed by atoms with Gasteiger partial charge in [0.15, 0.2) is 0 Å². The van der Waals surface area contributed by atoms with Crippen LogP contribution in [-0.4, -0.2) is 28.4 Å². The Bertz CT molecular complexity index is 534. The second-order valence-electron chi connectivity index (χ2n) is 3.61. The number of carbonyl (C=O) groups is 1. The molecule has 0 aliphatic rings. The molecule has 0 fully saturated rings. The Kier molecular flexibility index (Phi) is 3.20. The number of H-pyrrole nitrogens is 1. The monoisotopic (exact) mass is 232 g/mol. The number of aromatic amines is 1. The van der Waals surface area contributed by atoms with Crippen molar-refractivity contribution in [2.45, 2.75) is 6.61 Å². The quantitative estimate of drug-likeness (QED) is 0.844. The van der Waals surface area contributed by atoms with Crippen LogP contribution in [0.1, 0.15) is 16.1 Å². The molecule has 5 nitrogen and oxygen atoms in total. The van der Waals surface area contributed by atoms with Crippen molar-refractivity contribution in [3.63, 3.8) is 0 Å². The summed E-state index contributed by atoms with van der Waals surface area (Å²) in [5, 5.41) is 15.2. The van der Waals surface area contributed by atoms with Crippen molar-refractivity contribution in [1.29, 1.82) is 0 Å². The molecule has 1 aromatic heterocycles. The number of carboxylic acids is 1. The molecule has 2 N–H and O–H groups in total. The molecule has 0 saturated carbocycles. The van der Waals surface area contributed by atoms with Gasteiger partial charge in [0.25, 0.3) is 0 Å². The Labute approximate surface area is 98.0 Å². The number of aromatic carboxylic acids is 1. The minimum atomic E-state index is -1.02. The van der Waals surface area contributed by atoms with E-state index in [9.17, 15) is 4.79 Å².